The van der Waals surface area contributed by atoms with Crippen LogP contribution in [0.1, 0.15) is 38.8 Å². The first-order valence-corrected chi connectivity index (χ1v) is 10.7. The number of aldehydes is 1. The second kappa shape index (κ2) is 12.8. The van der Waals surface area contributed by atoms with Crippen LogP contribution in [0.4, 0.5) is 0 Å². The number of nitrogens with zero attached hydrogens (tertiary/aromatic N) is 3. The molecule has 0 aliphatic heterocycles. The van der Waals surface area contributed by atoms with Crippen LogP contribution in [-0.4, -0.2) is 49.5 Å². The maximum absolute atomic E-state index is 11.4. The van der Waals surface area contributed by atoms with Crippen molar-refractivity contribution in [3.8, 4) is 0 Å². The number of hydrogen-bond acceptors (Lipinski definition) is 5. The number of allylic oxidation sites excluding steroid dienone is 4. The van der Waals surface area contributed by atoms with Crippen molar-refractivity contribution in [3.63, 3.8) is 0 Å². The summed E-state index contributed by atoms with van der Waals surface area (Å²) in [6.45, 7) is 10.4. The molecule has 0 heterocycles. The monoisotopic (exact) mass is 442 g/mol. The van der Waals surface area contributed by atoms with E-state index in [0.717, 1.165) is 34.5 Å². The van der Waals surface area contributed by atoms with Crippen molar-refractivity contribution in [1.29, 1.82) is 0 Å². The van der Waals surface area contributed by atoms with Crippen LogP contribution in [-0.2, 0) is 4.79 Å². The van der Waals surface area contributed by atoms with Gasteiger partial charge in [0.25, 0.3) is 0 Å². The van der Waals surface area contributed by atoms with E-state index >= 15 is 0 Å². The van der Waals surface area contributed by atoms with Gasteiger partial charge >= 0.3 is 0 Å². The minimum Gasteiger partial charge on any atom is -0.402 e. The highest BCUT2D eigenvalue weighted by Crippen LogP contribution is 2.34. The van der Waals surface area contributed by atoms with Gasteiger partial charge in [0.05, 0.1) is 17.5 Å². The molecule has 0 amide bonds. The van der Waals surface area contributed by atoms with Gasteiger partial charge in [0.1, 0.15) is 6.29 Å². The van der Waals surface area contributed by atoms with Gasteiger partial charge in [-0.3, -0.25) is 9.79 Å². The molecule has 0 aromatic heterocycles. The van der Waals surface area contributed by atoms with E-state index in [4.69, 9.17) is 17.3 Å². The zero-order valence-corrected chi connectivity index (χ0v) is 20.3. The summed E-state index contributed by atoms with van der Waals surface area (Å²) in [6, 6.07) is 7.45. The smallest absolute Gasteiger partial charge is 0.145 e. The van der Waals surface area contributed by atoms with Gasteiger partial charge in [-0.25, -0.2) is 0 Å². The van der Waals surface area contributed by atoms with Crippen molar-refractivity contribution in [1.82, 2.24) is 9.80 Å². The lowest BCUT2D eigenvalue weighted by molar-refractivity contribution is -0.104. The summed E-state index contributed by atoms with van der Waals surface area (Å²) >= 11 is 6.17. The fraction of sp³-hybridized carbons (Fsp3) is 0.360. The first kappa shape index (κ1) is 26.2. The fourth-order valence-corrected chi connectivity index (χ4v) is 3.37. The summed E-state index contributed by atoms with van der Waals surface area (Å²) in [5.41, 5.74) is 11.4. The van der Waals surface area contributed by atoms with Crippen LogP contribution in [0.5, 0.6) is 0 Å². The molecule has 1 atom stereocenters. The second-order valence-corrected chi connectivity index (χ2v) is 7.88. The van der Waals surface area contributed by atoms with Crippen molar-refractivity contribution in [2.75, 3.05) is 27.7 Å². The first-order valence-electron chi connectivity index (χ1n) is 10.4. The Hall–Kier alpha value is -2.79. The van der Waals surface area contributed by atoms with Gasteiger partial charge < -0.3 is 15.5 Å². The Morgan fingerprint density at radius 3 is 2.29 bits per heavy atom. The topological polar surface area (TPSA) is 61.9 Å². The van der Waals surface area contributed by atoms with Gasteiger partial charge in [-0.05, 0) is 55.7 Å². The van der Waals surface area contributed by atoms with Crippen LogP contribution in [0, 0.1) is 0 Å². The second-order valence-electron chi connectivity index (χ2n) is 7.44. The largest absolute Gasteiger partial charge is 0.402 e. The predicted molar refractivity (Wildman–Crippen MR) is 133 cm³/mol. The molecular weight excluding hydrogens is 408 g/mol. The molecule has 1 aromatic rings. The lowest BCUT2D eigenvalue weighted by atomic mass is 9.90. The SMILES string of the molecule is C=CC(=NCC)C(=C(N)CC)C(c1ccc(Cl)cc1)N(C)C(/C=C(/C)C=O)=C/N(C)C. The van der Waals surface area contributed by atoms with E-state index in [1.54, 1.807) is 13.0 Å². The molecule has 0 bridgehead atoms. The highest BCUT2D eigenvalue weighted by atomic mass is 35.5. The number of aliphatic imine (C=N–C) groups is 1. The van der Waals surface area contributed by atoms with E-state index in [-0.39, 0.29) is 6.04 Å². The number of rotatable bonds is 11. The summed E-state index contributed by atoms with van der Waals surface area (Å²) < 4.78 is 0. The zero-order valence-electron chi connectivity index (χ0n) is 19.5. The summed E-state index contributed by atoms with van der Waals surface area (Å²) in [7, 11) is 5.87. The Balaban J connectivity index is 3.88. The summed E-state index contributed by atoms with van der Waals surface area (Å²) in [6.07, 6.45) is 7.10. The molecular formula is C25H35ClN4O. The van der Waals surface area contributed by atoms with Gasteiger partial charge in [-0.1, -0.05) is 37.2 Å². The van der Waals surface area contributed by atoms with Crippen LogP contribution in [0.25, 0.3) is 0 Å². The molecule has 1 unspecified atom stereocenters. The number of nitrogens with two attached hydrogens (primary N) is 1. The molecule has 0 radical (unpaired) electrons. The number of halogens is 1. The van der Waals surface area contributed by atoms with Crippen molar-refractivity contribution < 1.29 is 4.79 Å². The van der Waals surface area contributed by atoms with E-state index in [1.165, 1.54) is 0 Å². The minimum atomic E-state index is -0.262. The van der Waals surface area contributed by atoms with Crippen molar-refractivity contribution >= 4 is 23.6 Å². The lowest BCUT2D eigenvalue weighted by Crippen LogP contribution is -2.31. The van der Waals surface area contributed by atoms with Gasteiger partial charge in [-0.15, -0.1) is 0 Å². The van der Waals surface area contributed by atoms with Gasteiger partial charge in [-0.2, -0.15) is 0 Å². The molecule has 1 rings (SSSR count). The molecule has 0 fully saturated rings. The maximum Gasteiger partial charge on any atom is 0.145 e. The Kier molecular flexibility index (Phi) is 10.8. The predicted octanol–water partition coefficient (Wildman–Crippen LogP) is 5.13. The Bertz CT molecular complexity index is 879. The van der Waals surface area contributed by atoms with Crippen LogP contribution in [0.2, 0.25) is 5.02 Å². The van der Waals surface area contributed by atoms with E-state index in [2.05, 4.69) is 16.5 Å². The Morgan fingerprint density at radius 1 is 1.23 bits per heavy atom. The van der Waals surface area contributed by atoms with Crippen LogP contribution < -0.4 is 5.73 Å². The number of benzene rings is 1. The highest BCUT2D eigenvalue weighted by Gasteiger charge is 2.27. The van der Waals surface area contributed by atoms with Crippen molar-refractivity contribution in [2.45, 2.75) is 33.2 Å². The molecule has 6 heteroatoms. The summed E-state index contributed by atoms with van der Waals surface area (Å²) in [5, 5.41) is 0.658. The highest BCUT2D eigenvalue weighted by molar-refractivity contribution is 6.30. The number of carbonyl (C=O) groups is 1. The molecule has 168 valence electrons. The Morgan fingerprint density at radius 2 is 1.84 bits per heavy atom. The van der Waals surface area contributed by atoms with Gasteiger partial charge in [0.15, 0.2) is 0 Å². The van der Waals surface area contributed by atoms with Crippen LogP contribution in [0.15, 0.2) is 76.7 Å². The van der Waals surface area contributed by atoms with Gasteiger partial charge in [0.2, 0.25) is 0 Å². The zero-order chi connectivity index (χ0) is 23.6. The standard InChI is InChI=1S/C25H35ClN4O/c1-8-22(27)24(23(9-2)28-10-3)25(19-11-13-20(26)14-12-19)30(7)21(16-29(5)6)15-18(4)17-31/h9,11-17,25H,2,8,10,27H2,1,3-7H3/b18-15-,21-16+,24-22?,28-23?. The van der Waals surface area contributed by atoms with E-state index < -0.39 is 0 Å². The normalized spacial score (nSPS) is 14.6. The van der Waals surface area contributed by atoms with Crippen molar-refractivity contribution in [3.05, 3.63) is 82.3 Å². The summed E-state index contributed by atoms with van der Waals surface area (Å²) in [4.78, 5) is 20.1. The van der Waals surface area contributed by atoms with Crippen molar-refractivity contribution in [2.24, 2.45) is 10.7 Å². The summed E-state index contributed by atoms with van der Waals surface area (Å²) in [5.74, 6) is 0. The molecule has 0 aliphatic carbocycles. The fourth-order valence-electron chi connectivity index (χ4n) is 3.24. The molecule has 2 N–H and O–H groups in total. The third-order valence-electron chi connectivity index (χ3n) is 4.73. The molecule has 0 aliphatic rings. The van der Waals surface area contributed by atoms with Gasteiger partial charge in [0, 0.05) is 50.2 Å². The van der Waals surface area contributed by atoms with Crippen LogP contribution >= 0.6 is 11.6 Å². The van der Waals surface area contributed by atoms with Crippen LogP contribution in [0.3, 0.4) is 0 Å². The maximum atomic E-state index is 11.4. The van der Waals surface area contributed by atoms with E-state index in [9.17, 15) is 4.79 Å². The molecule has 0 saturated heterocycles. The van der Waals surface area contributed by atoms with E-state index in [1.807, 2.05) is 76.4 Å². The molecule has 5 nitrogen and oxygen atoms in total. The number of carbonyl (C=O) groups excluding carboxylic acids is 1. The third kappa shape index (κ3) is 7.44. The average Bonchev–Trinajstić information content (AvgIpc) is 2.75. The number of hydrogen-bond donors (Lipinski definition) is 1. The first-order chi connectivity index (χ1) is 14.7. The molecule has 1 aromatic carbocycles. The minimum absolute atomic E-state index is 0.262. The number of likely N-dealkylation sites (N-methyl/N-ethyl adjacent to an activating group) is 1. The molecule has 0 spiro atoms. The third-order valence-corrected chi connectivity index (χ3v) is 4.98. The quantitative estimate of drug-likeness (QED) is 0.223. The van der Waals surface area contributed by atoms with E-state index in [0.29, 0.717) is 23.6 Å². The average molecular weight is 443 g/mol. The lowest BCUT2D eigenvalue weighted by Gasteiger charge is -2.35. The molecule has 0 saturated carbocycles. The Labute approximate surface area is 192 Å². The molecule has 31 heavy (non-hydrogen) atoms.